The SMILES string of the molecule is Cc1cc(C)nc(N(C)c2ccc(NC(=O)C3CC(=O)N(CCc4ccccc4)C3)cc2)n1. The van der Waals surface area contributed by atoms with Crippen molar-refractivity contribution in [1.29, 1.82) is 0 Å². The van der Waals surface area contributed by atoms with Crippen LogP contribution in [0.2, 0.25) is 0 Å². The van der Waals surface area contributed by atoms with Crippen molar-refractivity contribution in [1.82, 2.24) is 14.9 Å². The van der Waals surface area contributed by atoms with Crippen molar-refractivity contribution < 1.29 is 9.59 Å². The third kappa shape index (κ3) is 5.55. The summed E-state index contributed by atoms with van der Waals surface area (Å²) in [6.45, 7) is 4.99. The van der Waals surface area contributed by atoms with Gasteiger partial charge < -0.3 is 15.1 Å². The van der Waals surface area contributed by atoms with E-state index in [2.05, 4.69) is 27.4 Å². The Morgan fingerprint density at radius 1 is 1.06 bits per heavy atom. The van der Waals surface area contributed by atoms with Gasteiger partial charge in [-0.1, -0.05) is 30.3 Å². The van der Waals surface area contributed by atoms with Gasteiger partial charge in [0.1, 0.15) is 0 Å². The zero-order chi connectivity index (χ0) is 23.4. The number of anilines is 3. The van der Waals surface area contributed by atoms with Gasteiger partial charge in [0.15, 0.2) is 0 Å². The lowest BCUT2D eigenvalue weighted by molar-refractivity contribution is -0.128. The predicted molar refractivity (Wildman–Crippen MR) is 129 cm³/mol. The summed E-state index contributed by atoms with van der Waals surface area (Å²) < 4.78 is 0. The van der Waals surface area contributed by atoms with E-state index in [4.69, 9.17) is 0 Å². The van der Waals surface area contributed by atoms with E-state index >= 15 is 0 Å². The minimum absolute atomic E-state index is 0.0384. The van der Waals surface area contributed by atoms with Crippen LogP contribution in [0.25, 0.3) is 0 Å². The van der Waals surface area contributed by atoms with Crippen LogP contribution in [-0.4, -0.2) is 46.8 Å². The van der Waals surface area contributed by atoms with Crippen molar-refractivity contribution in [2.24, 2.45) is 5.92 Å². The Morgan fingerprint density at radius 2 is 1.73 bits per heavy atom. The van der Waals surface area contributed by atoms with Gasteiger partial charge in [0, 0.05) is 49.3 Å². The highest BCUT2D eigenvalue weighted by Crippen LogP contribution is 2.24. The summed E-state index contributed by atoms with van der Waals surface area (Å²) in [5.41, 5.74) is 4.64. The molecule has 33 heavy (non-hydrogen) atoms. The van der Waals surface area contributed by atoms with Gasteiger partial charge in [-0.05, 0) is 56.2 Å². The number of aryl methyl sites for hydroxylation is 2. The Bertz CT molecular complexity index is 1110. The molecular formula is C26H29N5O2. The molecule has 4 rings (SSSR count). The van der Waals surface area contributed by atoms with Gasteiger partial charge >= 0.3 is 0 Å². The first kappa shape index (κ1) is 22.5. The largest absolute Gasteiger partial charge is 0.342 e. The third-order valence-electron chi connectivity index (χ3n) is 5.89. The van der Waals surface area contributed by atoms with Gasteiger partial charge in [0.25, 0.3) is 0 Å². The van der Waals surface area contributed by atoms with E-state index in [1.54, 1.807) is 4.90 Å². The Kier molecular flexibility index (Phi) is 6.68. The topological polar surface area (TPSA) is 78.4 Å². The standard InChI is InChI=1S/C26H29N5O2/c1-18-15-19(2)28-26(27-18)30(3)23-11-9-22(10-12-23)29-25(33)21-16-24(32)31(17-21)14-13-20-7-5-4-6-8-20/h4-12,15,21H,13-14,16-17H2,1-3H3,(H,29,33). The molecular weight excluding hydrogens is 414 g/mol. The highest BCUT2D eigenvalue weighted by atomic mass is 16.2. The van der Waals surface area contributed by atoms with Crippen molar-refractivity contribution in [2.45, 2.75) is 26.7 Å². The summed E-state index contributed by atoms with van der Waals surface area (Å²) in [6.07, 6.45) is 1.05. The fourth-order valence-electron chi connectivity index (χ4n) is 4.06. The first-order chi connectivity index (χ1) is 15.9. The number of rotatable bonds is 7. The van der Waals surface area contributed by atoms with Gasteiger partial charge in [-0.3, -0.25) is 9.59 Å². The molecule has 0 saturated carbocycles. The molecule has 2 aromatic carbocycles. The van der Waals surface area contributed by atoms with Crippen molar-refractivity contribution in [3.63, 3.8) is 0 Å². The molecule has 0 radical (unpaired) electrons. The van der Waals surface area contributed by atoms with Crippen LogP contribution in [-0.2, 0) is 16.0 Å². The number of hydrogen-bond acceptors (Lipinski definition) is 5. The van der Waals surface area contributed by atoms with Gasteiger partial charge in [-0.2, -0.15) is 0 Å². The first-order valence-electron chi connectivity index (χ1n) is 11.2. The fraction of sp³-hybridized carbons (Fsp3) is 0.308. The van der Waals surface area contributed by atoms with E-state index in [1.165, 1.54) is 5.56 Å². The Balaban J connectivity index is 1.33. The van der Waals surface area contributed by atoms with Gasteiger partial charge in [0.2, 0.25) is 17.8 Å². The minimum Gasteiger partial charge on any atom is -0.342 e. The molecule has 7 heteroatoms. The van der Waals surface area contributed by atoms with Crippen LogP contribution in [0, 0.1) is 19.8 Å². The Morgan fingerprint density at radius 3 is 2.39 bits per heavy atom. The lowest BCUT2D eigenvalue weighted by Crippen LogP contribution is -2.30. The summed E-state index contributed by atoms with van der Waals surface area (Å²) in [6, 6.07) is 19.6. The van der Waals surface area contributed by atoms with E-state index in [-0.39, 0.29) is 24.2 Å². The number of carbonyl (C=O) groups excluding carboxylic acids is 2. The van der Waals surface area contributed by atoms with Gasteiger partial charge in [-0.15, -0.1) is 0 Å². The number of aromatic nitrogens is 2. The number of benzene rings is 2. The average Bonchev–Trinajstić information content (AvgIpc) is 3.18. The quantitative estimate of drug-likeness (QED) is 0.599. The van der Waals surface area contributed by atoms with Crippen LogP contribution in [0.1, 0.15) is 23.4 Å². The molecule has 2 amide bonds. The molecule has 0 aliphatic carbocycles. The van der Waals surface area contributed by atoms with Gasteiger partial charge in [0.05, 0.1) is 5.92 Å². The van der Waals surface area contributed by atoms with Crippen LogP contribution < -0.4 is 10.2 Å². The van der Waals surface area contributed by atoms with Gasteiger partial charge in [-0.25, -0.2) is 9.97 Å². The summed E-state index contributed by atoms with van der Waals surface area (Å²) in [7, 11) is 1.91. The van der Waals surface area contributed by atoms with E-state index in [1.807, 2.05) is 74.3 Å². The second-order valence-electron chi connectivity index (χ2n) is 8.52. The molecule has 3 aromatic rings. The molecule has 2 heterocycles. The van der Waals surface area contributed by atoms with E-state index in [0.29, 0.717) is 24.7 Å². The molecule has 0 spiro atoms. The molecule has 1 aliphatic rings. The molecule has 1 N–H and O–H groups in total. The number of hydrogen-bond donors (Lipinski definition) is 1. The number of amides is 2. The lowest BCUT2D eigenvalue weighted by Gasteiger charge is -2.19. The normalized spacial score (nSPS) is 15.5. The van der Waals surface area contributed by atoms with E-state index in [0.717, 1.165) is 23.5 Å². The maximum absolute atomic E-state index is 12.8. The molecule has 1 fully saturated rings. The Hall–Kier alpha value is -3.74. The molecule has 1 aliphatic heterocycles. The van der Waals surface area contributed by atoms with Crippen molar-refractivity contribution >= 4 is 29.1 Å². The second kappa shape index (κ2) is 9.81. The number of carbonyl (C=O) groups is 2. The van der Waals surface area contributed by atoms with E-state index < -0.39 is 0 Å². The van der Waals surface area contributed by atoms with E-state index in [9.17, 15) is 9.59 Å². The van der Waals surface area contributed by atoms with Crippen molar-refractivity contribution in [2.75, 3.05) is 30.4 Å². The van der Waals surface area contributed by atoms with Crippen LogP contribution in [0.4, 0.5) is 17.3 Å². The molecule has 1 saturated heterocycles. The number of nitrogens with one attached hydrogen (secondary N) is 1. The highest BCUT2D eigenvalue weighted by Gasteiger charge is 2.34. The lowest BCUT2D eigenvalue weighted by atomic mass is 10.1. The maximum atomic E-state index is 12.8. The number of likely N-dealkylation sites (tertiary alicyclic amines) is 1. The molecule has 7 nitrogen and oxygen atoms in total. The third-order valence-corrected chi connectivity index (χ3v) is 5.89. The van der Waals surface area contributed by atoms with Crippen molar-refractivity contribution in [3.05, 3.63) is 77.6 Å². The monoisotopic (exact) mass is 443 g/mol. The smallest absolute Gasteiger partial charge is 0.230 e. The highest BCUT2D eigenvalue weighted by molar-refractivity contribution is 5.97. The van der Waals surface area contributed by atoms with Crippen molar-refractivity contribution in [3.8, 4) is 0 Å². The fourth-order valence-corrected chi connectivity index (χ4v) is 4.06. The minimum atomic E-state index is -0.334. The summed E-state index contributed by atoms with van der Waals surface area (Å²) in [5, 5.41) is 2.96. The summed E-state index contributed by atoms with van der Waals surface area (Å²) in [4.78, 5) is 37.8. The average molecular weight is 444 g/mol. The zero-order valence-electron chi connectivity index (χ0n) is 19.3. The van der Waals surface area contributed by atoms with Crippen LogP contribution >= 0.6 is 0 Å². The van der Waals surface area contributed by atoms with Crippen LogP contribution in [0.15, 0.2) is 60.7 Å². The first-order valence-corrected chi connectivity index (χ1v) is 11.2. The molecule has 1 aromatic heterocycles. The Labute approximate surface area is 194 Å². The zero-order valence-corrected chi connectivity index (χ0v) is 19.3. The summed E-state index contributed by atoms with van der Waals surface area (Å²) in [5.74, 6) is 0.212. The molecule has 0 bridgehead atoms. The van der Waals surface area contributed by atoms with Crippen LogP contribution in [0.5, 0.6) is 0 Å². The summed E-state index contributed by atoms with van der Waals surface area (Å²) >= 11 is 0. The molecule has 170 valence electrons. The second-order valence-corrected chi connectivity index (χ2v) is 8.52. The maximum Gasteiger partial charge on any atom is 0.230 e. The number of nitrogens with zero attached hydrogens (tertiary/aromatic N) is 4. The van der Waals surface area contributed by atoms with Crippen LogP contribution in [0.3, 0.4) is 0 Å². The molecule has 1 unspecified atom stereocenters. The predicted octanol–water partition coefficient (Wildman–Crippen LogP) is 3.89. The molecule has 1 atom stereocenters.